The first-order valence-corrected chi connectivity index (χ1v) is 6.61. The molecular formula is C15H11ClN2O. The van der Waals surface area contributed by atoms with Crippen molar-refractivity contribution >= 4 is 28.4 Å². The van der Waals surface area contributed by atoms with Gasteiger partial charge in [0.2, 0.25) is 5.89 Å². The van der Waals surface area contributed by atoms with Crippen LogP contribution in [0.5, 0.6) is 0 Å². The maximum Gasteiger partial charge on any atom is 0.227 e. The highest BCUT2D eigenvalue weighted by molar-refractivity contribution is 6.34. The number of para-hydroxylation sites is 1. The number of benzene rings is 2. The Kier molecular flexibility index (Phi) is 2.29. The standard InChI is InChI=1S/C15H11ClN2O/c16-11-2-1-3-12-14(11)19-15(18-12)10-5-4-9-6-7-17-13(9)8-10/h1-5,8,17H,6-7H2. The lowest BCUT2D eigenvalue weighted by molar-refractivity contribution is 0.620. The Bertz CT molecular complexity index is 779. The Morgan fingerprint density at radius 2 is 2.16 bits per heavy atom. The van der Waals surface area contributed by atoms with Crippen molar-refractivity contribution in [3.8, 4) is 11.5 Å². The molecule has 2 heterocycles. The molecule has 0 spiro atoms. The molecule has 0 atom stereocenters. The Morgan fingerprint density at radius 1 is 1.21 bits per heavy atom. The minimum Gasteiger partial charge on any atom is -0.435 e. The van der Waals surface area contributed by atoms with E-state index in [1.165, 1.54) is 11.3 Å². The summed E-state index contributed by atoms with van der Waals surface area (Å²) in [6.07, 6.45) is 1.08. The molecule has 1 N–H and O–H groups in total. The highest BCUT2D eigenvalue weighted by atomic mass is 35.5. The van der Waals surface area contributed by atoms with Gasteiger partial charge in [0.05, 0.1) is 5.02 Å². The summed E-state index contributed by atoms with van der Waals surface area (Å²) in [5, 5.41) is 3.95. The van der Waals surface area contributed by atoms with Crippen molar-refractivity contribution in [2.75, 3.05) is 11.9 Å². The summed E-state index contributed by atoms with van der Waals surface area (Å²) in [4.78, 5) is 4.49. The maximum atomic E-state index is 6.11. The quantitative estimate of drug-likeness (QED) is 0.723. The summed E-state index contributed by atoms with van der Waals surface area (Å²) < 4.78 is 5.77. The van der Waals surface area contributed by atoms with Crippen molar-refractivity contribution < 1.29 is 4.42 Å². The number of hydrogen-bond donors (Lipinski definition) is 1. The predicted molar refractivity (Wildman–Crippen MR) is 76.6 cm³/mol. The monoisotopic (exact) mass is 270 g/mol. The van der Waals surface area contributed by atoms with Crippen molar-refractivity contribution in [2.45, 2.75) is 6.42 Å². The number of aromatic nitrogens is 1. The number of nitrogens with zero attached hydrogens (tertiary/aromatic N) is 1. The van der Waals surface area contributed by atoms with Gasteiger partial charge in [0, 0.05) is 17.8 Å². The Morgan fingerprint density at radius 3 is 3.05 bits per heavy atom. The van der Waals surface area contributed by atoms with Crippen LogP contribution in [-0.4, -0.2) is 11.5 Å². The van der Waals surface area contributed by atoms with Crippen LogP contribution in [0.15, 0.2) is 40.8 Å². The fourth-order valence-corrected chi connectivity index (χ4v) is 2.67. The molecule has 0 saturated carbocycles. The SMILES string of the molecule is Clc1cccc2nc(-c3ccc4c(c3)NCC4)oc12. The van der Waals surface area contributed by atoms with Crippen molar-refractivity contribution in [1.82, 2.24) is 4.98 Å². The first kappa shape index (κ1) is 10.9. The molecule has 0 fully saturated rings. The van der Waals surface area contributed by atoms with Crippen molar-refractivity contribution in [1.29, 1.82) is 0 Å². The van der Waals surface area contributed by atoms with Crippen LogP contribution in [0.4, 0.5) is 5.69 Å². The van der Waals surface area contributed by atoms with E-state index < -0.39 is 0 Å². The average Bonchev–Trinajstić information content (AvgIpc) is 3.04. The van der Waals surface area contributed by atoms with Crippen molar-refractivity contribution in [3.63, 3.8) is 0 Å². The zero-order valence-electron chi connectivity index (χ0n) is 10.1. The number of hydrogen-bond acceptors (Lipinski definition) is 3. The Hall–Kier alpha value is -2.00. The van der Waals surface area contributed by atoms with E-state index in [0.717, 1.165) is 24.0 Å². The van der Waals surface area contributed by atoms with E-state index in [4.69, 9.17) is 16.0 Å². The predicted octanol–water partition coefficient (Wildman–Crippen LogP) is 4.12. The molecule has 3 nitrogen and oxygen atoms in total. The van der Waals surface area contributed by atoms with Gasteiger partial charge in [-0.1, -0.05) is 23.7 Å². The number of fused-ring (bicyclic) bond motifs is 2. The van der Waals surface area contributed by atoms with Gasteiger partial charge in [-0.25, -0.2) is 4.98 Å². The Balaban J connectivity index is 1.88. The third-order valence-corrected chi connectivity index (χ3v) is 3.73. The summed E-state index contributed by atoms with van der Waals surface area (Å²) in [6, 6.07) is 11.8. The van der Waals surface area contributed by atoms with Gasteiger partial charge in [-0.05, 0) is 36.2 Å². The summed E-state index contributed by atoms with van der Waals surface area (Å²) in [5.74, 6) is 0.611. The van der Waals surface area contributed by atoms with Gasteiger partial charge in [-0.15, -0.1) is 0 Å². The summed E-state index contributed by atoms with van der Waals surface area (Å²) >= 11 is 6.11. The molecule has 3 aromatic rings. The molecule has 1 aromatic heterocycles. The van der Waals surface area contributed by atoms with Crippen molar-refractivity contribution in [3.05, 3.63) is 47.0 Å². The van der Waals surface area contributed by atoms with Gasteiger partial charge in [0.25, 0.3) is 0 Å². The summed E-state index contributed by atoms with van der Waals surface area (Å²) in [6.45, 7) is 0.998. The van der Waals surface area contributed by atoms with E-state index in [9.17, 15) is 0 Å². The molecule has 4 rings (SSSR count). The molecule has 94 valence electrons. The second kappa shape index (κ2) is 4.00. The molecule has 0 bridgehead atoms. The lowest BCUT2D eigenvalue weighted by Gasteiger charge is -2.01. The first-order valence-electron chi connectivity index (χ1n) is 6.23. The smallest absolute Gasteiger partial charge is 0.227 e. The minimum absolute atomic E-state index is 0.593. The zero-order chi connectivity index (χ0) is 12.8. The summed E-state index contributed by atoms with van der Waals surface area (Å²) in [5.41, 5.74) is 4.92. The number of oxazole rings is 1. The van der Waals surface area contributed by atoms with Gasteiger partial charge >= 0.3 is 0 Å². The molecule has 0 radical (unpaired) electrons. The number of halogens is 1. The van der Waals surface area contributed by atoms with Crippen LogP contribution in [-0.2, 0) is 6.42 Å². The molecule has 1 aliphatic rings. The van der Waals surface area contributed by atoms with Gasteiger partial charge in [-0.2, -0.15) is 0 Å². The van der Waals surface area contributed by atoms with E-state index in [1.807, 2.05) is 24.3 Å². The normalized spacial score (nSPS) is 13.5. The van der Waals surface area contributed by atoms with Crippen LogP contribution in [0.3, 0.4) is 0 Å². The molecule has 0 aliphatic carbocycles. The van der Waals surface area contributed by atoms with E-state index in [0.29, 0.717) is 16.5 Å². The number of nitrogens with one attached hydrogen (secondary N) is 1. The van der Waals surface area contributed by atoms with Gasteiger partial charge in [0.15, 0.2) is 5.58 Å². The number of anilines is 1. The van der Waals surface area contributed by atoms with Crippen LogP contribution in [0.25, 0.3) is 22.6 Å². The Labute approximate surface area is 115 Å². The third kappa shape index (κ3) is 1.70. The van der Waals surface area contributed by atoms with Crippen molar-refractivity contribution in [2.24, 2.45) is 0 Å². The van der Waals surface area contributed by atoms with Gasteiger partial charge in [0.1, 0.15) is 5.52 Å². The van der Waals surface area contributed by atoms with Crippen LogP contribution >= 0.6 is 11.6 Å². The van der Waals surface area contributed by atoms with E-state index >= 15 is 0 Å². The molecule has 4 heteroatoms. The fourth-order valence-electron chi connectivity index (χ4n) is 2.46. The average molecular weight is 271 g/mol. The zero-order valence-corrected chi connectivity index (χ0v) is 10.9. The second-order valence-corrected chi connectivity index (χ2v) is 5.06. The van der Waals surface area contributed by atoms with Crippen LogP contribution in [0, 0.1) is 0 Å². The molecule has 1 aliphatic heterocycles. The molecule has 0 unspecified atom stereocenters. The van der Waals surface area contributed by atoms with E-state index in [2.05, 4.69) is 22.4 Å². The van der Waals surface area contributed by atoms with E-state index in [-0.39, 0.29) is 0 Å². The van der Waals surface area contributed by atoms with Crippen LogP contribution in [0.2, 0.25) is 5.02 Å². The largest absolute Gasteiger partial charge is 0.435 e. The topological polar surface area (TPSA) is 38.1 Å². The minimum atomic E-state index is 0.593. The maximum absolute atomic E-state index is 6.11. The molecule has 0 amide bonds. The summed E-state index contributed by atoms with van der Waals surface area (Å²) in [7, 11) is 0. The second-order valence-electron chi connectivity index (χ2n) is 4.66. The van der Waals surface area contributed by atoms with Crippen LogP contribution in [0.1, 0.15) is 5.56 Å². The van der Waals surface area contributed by atoms with Gasteiger partial charge < -0.3 is 9.73 Å². The first-order chi connectivity index (χ1) is 9.31. The lowest BCUT2D eigenvalue weighted by Crippen LogP contribution is -1.91. The third-order valence-electron chi connectivity index (χ3n) is 3.43. The highest BCUT2D eigenvalue weighted by Crippen LogP contribution is 2.32. The van der Waals surface area contributed by atoms with Crippen LogP contribution < -0.4 is 5.32 Å². The molecule has 19 heavy (non-hydrogen) atoms. The number of rotatable bonds is 1. The molecule has 2 aromatic carbocycles. The van der Waals surface area contributed by atoms with E-state index in [1.54, 1.807) is 0 Å². The molecule has 0 saturated heterocycles. The highest BCUT2D eigenvalue weighted by Gasteiger charge is 2.14. The fraction of sp³-hybridized carbons (Fsp3) is 0.133. The lowest BCUT2D eigenvalue weighted by atomic mass is 10.1. The molecular weight excluding hydrogens is 260 g/mol. The van der Waals surface area contributed by atoms with Gasteiger partial charge in [-0.3, -0.25) is 0 Å².